The van der Waals surface area contributed by atoms with Crippen LogP contribution in [0.1, 0.15) is 6.92 Å². The number of ether oxygens (including phenoxy) is 1. The van der Waals surface area contributed by atoms with E-state index in [2.05, 4.69) is 15.1 Å². The van der Waals surface area contributed by atoms with Crippen molar-refractivity contribution in [2.75, 3.05) is 37.7 Å². The molecule has 0 spiro atoms. The first-order valence-electron chi connectivity index (χ1n) is 12.0. The number of hydrogen-bond donors (Lipinski definition) is 0. The van der Waals surface area contributed by atoms with Crippen LogP contribution in [0.2, 0.25) is 0 Å². The number of aromatic nitrogens is 2. The van der Waals surface area contributed by atoms with Crippen molar-refractivity contribution >= 4 is 15.8 Å². The topological polar surface area (TPSA) is 75.6 Å². The van der Waals surface area contributed by atoms with Crippen LogP contribution >= 0.6 is 0 Å². The van der Waals surface area contributed by atoms with Crippen LogP contribution in [0.4, 0.5) is 5.82 Å². The number of piperazine rings is 1. The van der Waals surface area contributed by atoms with Crippen molar-refractivity contribution in [3.63, 3.8) is 0 Å². The highest BCUT2D eigenvalue weighted by atomic mass is 32.2. The molecule has 1 aliphatic rings. The van der Waals surface area contributed by atoms with Crippen molar-refractivity contribution in [3.05, 3.63) is 91.0 Å². The van der Waals surface area contributed by atoms with Gasteiger partial charge in [-0.25, -0.2) is 8.42 Å². The zero-order valence-electron chi connectivity index (χ0n) is 20.1. The lowest BCUT2D eigenvalue weighted by Gasteiger charge is -2.34. The summed E-state index contributed by atoms with van der Waals surface area (Å²) in [6.07, 6.45) is 0. The molecular formula is C28H28N4O3S. The molecule has 2 heterocycles. The van der Waals surface area contributed by atoms with Crippen LogP contribution in [0.5, 0.6) is 5.75 Å². The highest BCUT2D eigenvalue weighted by Gasteiger charge is 2.29. The Balaban J connectivity index is 1.22. The van der Waals surface area contributed by atoms with E-state index in [1.165, 1.54) is 0 Å². The van der Waals surface area contributed by atoms with E-state index in [0.717, 1.165) is 34.0 Å². The molecule has 1 fully saturated rings. The van der Waals surface area contributed by atoms with Gasteiger partial charge >= 0.3 is 0 Å². The van der Waals surface area contributed by atoms with Crippen molar-refractivity contribution in [2.45, 2.75) is 11.8 Å². The first-order chi connectivity index (χ1) is 17.5. The second kappa shape index (κ2) is 10.5. The van der Waals surface area contributed by atoms with Gasteiger partial charge in [0.05, 0.1) is 17.2 Å². The van der Waals surface area contributed by atoms with Crippen molar-refractivity contribution in [1.29, 1.82) is 0 Å². The molecule has 1 aliphatic heterocycles. The Labute approximate surface area is 212 Å². The molecule has 0 bridgehead atoms. The molecule has 1 saturated heterocycles. The number of benzene rings is 3. The summed E-state index contributed by atoms with van der Waals surface area (Å²) in [7, 11) is -3.56. The Morgan fingerprint density at radius 1 is 0.722 bits per heavy atom. The lowest BCUT2D eigenvalue weighted by molar-refractivity contribution is 0.340. The molecule has 1 aromatic heterocycles. The average Bonchev–Trinajstić information content (AvgIpc) is 2.94. The van der Waals surface area contributed by atoms with Gasteiger partial charge in [0.1, 0.15) is 5.75 Å². The normalized spacial score (nSPS) is 14.5. The first-order valence-corrected chi connectivity index (χ1v) is 13.5. The number of nitrogens with zero attached hydrogens (tertiary/aromatic N) is 4. The third kappa shape index (κ3) is 5.10. The third-order valence-corrected chi connectivity index (χ3v) is 8.19. The van der Waals surface area contributed by atoms with Crippen LogP contribution in [0.25, 0.3) is 22.4 Å². The fourth-order valence-electron chi connectivity index (χ4n) is 4.29. The molecular weight excluding hydrogens is 472 g/mol. The van der Waals surface area contributed by atoms with Crippen molar-refractivity contribution < 1.29 is 13.2 Å². The number of rotatable bonds is 7. The number of anilines is 1. The lowest BCUT2D eigenvalue weighted by atomic mass is 10.1. The first kappa shape index (κ1) is 24.0. The van der Waals surface area contributed by atoms with Gasteiger partial charge in [0.2, 0.25) is 10.0 Å². The number of sulfonamides is 1. The molecule has 184 valence electrons. The maximum absolute atomic E-state index is 13.2. The van der Waals surface area contributed by atoms with E-state index < -0.39 is 10.0 Å². The summed E-state index contributed by atoms with van der Waals surface area (Å²) < 4.78 is 33.5. The molecule has 0 saturated carbocycles. The van der Waals surface area contributed by atoms with Crippen LogP contribution < -0.4 is 9.64 Å². The minimum absolute atomic E-state index is 0.315. The van der Waals surface area contributed by atoms with Gasteiger partial charge in [-0.15, -0.1) is 10.2 Å². The molecule has 5 rings (SSSR count). The molecule has 0 unspecified atom stereocenters. The smallest absolute Gasteiger partial charge is 0.243 e. The molecule has 0 aliphatic carbocycles. The van der Waals surface area contributed by atoms with Crippen molar-refractivity contribution in [3.8, 4) is 28.1 Å². The minimum Gasteiger partial charge on any atom is -0.494 e. The fraction of sp³-hybridized carbons (Fsp3) is 0.214. The Bertz CT molecular complexity index is 1380. The van der Waals surface area contributed by atoms with E-state index in [1.807, 2.05) is 85.8 Å². The van der Waals surface area contributed by atoms with Crippen LogP contribution in [-0.4, -0.2) is 55.7 Å². The van der Waals surface area contributed by atoms with Gasteiger partial charge in [0.25, 0.3) is 0 Å². The highest BCUT2D eigenvalue weighted by Crippen LogP contribution is 2.25. The van der Waals surface area contributed by atoms with E-state index in [4.69, 9.17) is 4.74 Å². The van der Waals surface area contributed by atoms with Crippen molar-refractivity contribution in [2.24, 2.45) is 0 Å². The van der Waals surface area contributed by atoms with E-state index in [0.29, 0.717) is 37.7 Å². The molecule has 0 amide bonds. The second-order valence-electron chi connectivity index (χ2n) is 8.52. The van der Waals surface area contributed by atoms with Gasteiger partial charge in [-0.2, -0.15) is 4.31 Å². The summed E-state index contributed by atoms with van der Waals surface area (Å²) in [5, 5.41) is 8.78. The molecule has 0 atom stereocenters. The van der Waals surface area contributed by atoms with Gasteiger partial charge in [-0.05, 0) is 66.6 Å². The Kier molecular flexibility index (Phi) is 6.97. The van der Waals surface area contributed by atoms with E-state index in [-0.39, 0.29) is 0 Å². The van der Waals surface area contributed by atoms with Crippen molar-refractivity contribution in [1.82, 2.24) is 14.5 Å². The standard InChI is InChI=1S/C28H28N4O3S/c1-2-35-25-12-8-24(9-13-25)27-16-17-28(30-29-27)31-18-20-32(21-19-31)36(33,34)26-14-10-23(11-15-26)22-6-4-3-5-7-22/h3-17H,2,18-21H2,1H3. The predicted molar refractivity (Wildman–Crippen MR) is 141 cm³/mol. The number of hydrogen-bond acceptors (Lipinski definition) is 6. The van der Waals surface area contributed by atoms with Crippen LogP contribution in [0, 0.1) is 0 Å². The summed E-state index contributed by atoms with van der Waals surface area (Å²) in [4.78, 5) is 2.38. The summed E-state index contributed by atoms with van der Waals surface area (Å²) in [6.45, 7) is 4.48. The summed E-state index contributed by atoms with van der Waals surface area (Å²) >= 11 is 0. The van der Waals surface area contributed by atoms with Crippen LogP contribution in [0.3, 0.4) is 0 Å². The Morgan fingerprint density at radius 2 is 1.36 bits per heavy atom. The Morgan fingerprint density at radius 3 is 1.97 bits per heavy atom. The zero-order valence-corrected chi connectivity index (χ0v) is 20.9. The SMILES string of the molecule is CCOc1ccc(-c2ccc(N3CCN(S(=O)(=O)c4ccc(-c5ccccc5)cc4)CC3)nn2)cc1. The van der Waals surface area contributed by atoms with Crippen LogP contribution in [0.15, 0.2) is 95.9 Å². The molecule has 36 heavy (non-hydrogen) atoms. The fourth-order valence-corrected chi connectivity index (χ4v) is 5.72. The predicted octanol–water partition coefficient (Wildman–Crippen LogP) is 4.72. The van der Waals surface area contributed by atoms with Gasteiger partial charge in [-0.1, -0.05) is 42.5 Å². The van der Waals surface area contributed by atoms with Gasteiger partial charge in [-0.3, -0.25) is 0 Å². The quantitative estimate of drug-likeness (QED) is 0.366. The maximum atomic E-state index is 13.2. The summed E-state index contributed by atoms with van der Waals surface area (Å²) in [5.74, 6) is 1.57. The average molecular weight is 501 g/mol. The Hall–Kier alpha value is -3.75. The highest BCUT2D eigenvalue weighted by molar-refractivity contribution is 7.89. The molecule has 4 aromatic rings. The van der Waals surface area contributed by atoms with Gasteiger partial charge in [0.15, 0.2) is 5.82 Å². The zero-order chi connectivity index (χ0) is 25.0. The minimum atomic E-state index is -3.56. The monoisotopic (exact) mass is 500 g/mol. The maximum Gasteiger partial charge on any atom is 0.243 e. The van der Waals surface area contributed by atoms with Gasteiger partial charge in [0, 0.05) is 31.7 Å². The molecule has 0 N–H and O–H groups in total. The van der Waals surface area contributed by atoms with Crippen LogP contribution in [-0.2, 0) is 10.0 Å². The lowest BCUT2D eigenvalue weighted by Crippen LogP contribution is -2.48. The summed E-state index contributed by atoms with van der Waals surface area (Å²) in [5.41, 5.74) is 3.80. The largest absolute Gasteiger partial charge is 0.494 e. The second-order valence-corrected chi connectivity index (χ2v) is 10.5. The molecule has 8 heteroatoms. The third-order valence-electron chi connectivity index (χ3n) is 6.27. The van der Waals surface area contributed by atoms with E-state index in [1.54, 1.807) is 16.4 Å². The van der Waals surface area contributed by atoms with E-state index in [9.17, 15) is 8.42 Å². The van der Waals surface area contributed by atoms with Gasteiger partial charge < -0.3 is 9.64 Å². The molecule has 0 radical (unpaired) electrons. The molecule has 7 nitrogen and oxygen atoms in total. The molecule has 3 aromatic carbocycles. The summed E-state index contributed by atoms with van der Waals surface area (Å²) in [6, 6.07) is 28.7. The van der Waals surface area contributed by atoms with E-state index >= 15 is 0 Å².